The number of hydrogen-bond donors (Lipinski definition) is 3. The van der Waals surface area contributed by atoms with Gasteiger partial charge in [0.25, 0.3) is 5.91 Å². The van der Waals surface area contributed by atoms with Crippen LogP contribution in [0.15, 0.2) is 18.2 Å². The Labute approximate surface area is 146 Å². The molecule has 1 unspecified atom stereocenters. The van der Waals surface area contributed by atoms with E-state index in [1.54, 1.807) is 12.1 Å². The topological polar surface area (TPSA) is 105 Å². The van der Waals surface area contributed by atoms with E-state index >= 15 is 0 Å². The molecular weight excluding hydrogens is 320 g/mol. The van der Waals surface area contributed by atoms with Crippen LogP contribution >= 0.6 is 0 Å². The van der Waals surface area contributed by atoms with E-state index in [1.165, 1.54) is 0 Å². The van der Waals surface area contributed by atoms with E-state index in [2.05, 4.69) is 38.0 Å². The normalized spacial score (nSPS) is 16.4. The molecule has 0 radical (unpaired) electrons. The van der Waals surface area contributed by atoms with Crippen molar-refractivity contribution in [2.75, 3.05) is 18.5 Å². The number of rotatable bonds is 6. The zero-order valence-corrected chi connectivity index (χ0v) is 14.6. The Morgan fingerprint density at radius 3 is 2.80 bits per heavy atom. The van der Waals surface area contributed by atoms with Crippen LogP contribution in [0, 0.1) is 6.92 Å². The highest BCUT2D eigenvalue weighted by Gasteiger charge is 2.18. The maximum Gasteiger partial charge on any atom is 0.272 e. The van der Waals surface area contributed by atoms with E-state index in [0.717, 1.165) is 30.7 Å². The first kappa shape index (κ1) is 17.3. The smallest absolute Gasteiger partial charge is 0.272 e. The number of aromatic amines is 1. The van der Waals surface area contributed by atoms with E-state index in [0.29, 0.717) is 24.7 Å². The minimum Gasteiger partial charge on any atom is -0.381 e. The molecule has 1 atom stereocenters. The Kier molecular flexibility index (Phi) is 5.60. The fourth-order valence-electron chi connectivity index (χ4n) is 2.83. The number of carbonyl (C=O) groups is 1. The number of aryl methyl sites for hydroxylation is 1. The lowest BCUT2D eigenvalue weighted by Gasteiger charge is -2.22. The summed E-state index contributed by atoms with van der Waals surface area (Å²) in [6.45, 7) is 5.40. The van der Waals surface area contributed by atoms with Crippen LogP contribution in [0.25, 0.3) is 0 Å². The van der Waals surface area contributed by atoms with Crippen molar-refractivity contribution in [2.24, 2.45) is 0 Å². The largest absolute Gasteiger partial charge is 0.381 e. The Morgan fingerprint density at radius 1 is 1.36 bits per heavy atom. The quantitative estimate of drug-likeness (QED) is 0.733. The Hall–Kier alpha value is -2.48. The van der Waals surface area contributed by atoms with Gasteiger partial charge in [0.05, 0.1) is 5.69 Å². The number of ether oxygens (including phenoxy) is 1. The summed E-state index contributed by atoms with van der Waals surface area (Å²) in [6.07, 6.45) is 2.45. The van der Waals surface area contributed by atoms with Gasteiger partial charge in [-0.25, -0.2) is 0 Å². The predicted octanol–water partition coefficient (Wildman–Crippen LogP) is 1.46. The molecule has 1 fully saturated rings. The van der Waals surface area contributed by atoms with Gasteiger partial charge in [-0.15, -0.1) is 10.2 Å². The van der Waals surface area contributed by atoms with Crippen molar-refractivity contribution in [2.45, 2.75) is 45.2 Å². The highest BCUT2D eigenvalue weighted by Crippen LogP contribution is 2.10. The average molecular weight is 344 g/mol. The molecule has 1 amide bonds. The molecular formula is C17H24N6O2. The molecule has 2 aromatic rings. The van der Waals surface area contributed by atoms with Crippen molar-refractivity contribution in [3.05, 3.63) is 35.3 Å². The highest BCUT2D eigenvalue weighted by atomic mass is 16.5. The van der Waals surface area contributed by atoms with Crippen molar-refractivity contribution < 1.29 is 9.53 Å². The SMILES string of the molecule is Cc1cc(CC(C)Nc2ccc(C(=O)NC3CCOCC3)nn2)n[nH]1. The van der Waals surface area contributed by atoms with Gasteiger partial charge in [-0.2, -0.15) is 5.10 Å². The van der Waals surface area contributed by atoms with E-state index < -0.39 is 0 Å². The summed E-state index contributed by atoms with van der Waals surface area (Å²) >= 11 is 0. The van der Waals surface area contributed by atoms with E-state index in [1.807, 2.05) is 13.0 Å². The molecule has 1 aliphatic heterocycles. The predicted molar refractivity (Wildman–Crippen MR) is 93.5 cm³/mol. The van der Waals surface area contributed by atoms with Crippen molar-refractivity contribution >= 4 is 11.7 Å². The van der Waals surface area contributed by atoms with Crippen LogP contribution in [-0.2, 0) is 11.2 Å². The third-order valence-corrected chi connectivity index (χ3v) is 4.12. The van der Waals surface area contributed by atoms with Gasteiger partial charge in [-0.05, 0) is 44.9 Å². The molecule has 0 aliphatic carbocycles. The summed E-state index contributed by atoms with van der Waals surface area (Å²) in [7, 11) is 0. The van der Waals surface area contributed by atoms with Gasteiger partial charge in [-0.3, -0.25) is 9.89 Å². The first-order valence-corrected chi connectivity index (χ1v) is 8.60. The molecule has 1 saturated heterocycles. The van der Waals surface area contributed by atoms with E-state index in [4.69, 9.17) is 4.74 Å². The fourth-order valence-corrected chi connectivity index (χ4v) is 2.83. The summed E-state index contributed by atoms with van der Waals surface area (Å²) in [5, 5.41) is 21.5. The van der Waals surface area contributed by atoms with Crippen LogP contribution in [0.2, 0.25) is 0 Å². The fraction of sp³-hybridized carbons (Fsp3) is 0.529. The highest BCUT2D eigenvalue weighted by molar-refractivity contribution is 5.92. The number of amides is 1. The zero-order chi connectivity index (χ0) is 17.6. The van der Waals surface area contributed by atoms with Crippen molar-refractivity contribution in [3.8, 4) is 0 Å². The second kappa shape index (κ2) is 8.06. The van der Waals surface area contributed by atoms with Crippen LogP contribution in [0.1, 0.15) is 41.6 Å². The lowest BCUT2D eigenvalue weighted by molar-refractivity contribution is 0.0693. The van der Waals surface area contributed by atoms with Gasteiger partial charge in [0.1, 0.15) is 5.82 Å². The van der Waals surface area contributed by atoms with Gasteiger partial charge in [0.2, 0.25) is 0 Å². The molecule has 3 heterocycles. The standard InChI is InChI=1S/C17H24N6O2/c1-11(9-14-10-12(2)20-21-14)18-16-4-3-15(22-23-16)17(24)19-13-5-7-25-8-6-13/h3-4,10-11,13H,5-9H2,1-2H3,(H,18,23)(H,19,24)(H,20,21). The Morgan fingerprint density at radius 2 is 2.16 bits per heavy atom. The first-order chi connectivity index (χ1) is 12.1. The molecule has 3 rings (SSSR count). The minimum atomic E-state index is -0.189. The van der Waals surface area contributed by atoms with Gasteiger partial charge in [0.15, 0.2) is 5.69 Å². The summed E-state index contributed by atoms with van der Waals surface area (Å²) in [5.41, 5.74) is 2.37. The number of carbonyl (C=O) groups excluding carboxylic acids is 1. The van der Waals surface area contributed by atoms with Crippen LogP contribution in [-0.4, -0.2) is 51.6 Å². The number of hydrogen-bond acceptors (Lipinski definition) is 6. The van der Waals surface area contributed by atoms with Gasteiger partial charge in [0, 0.05) is 37.4 Å². The molecule has 0 aromatic carbocycles. The molecule has 2 aromatic heterocycles. The molecule has 0 spiro atoms. The summed E-state index contributed by atoms with van der Waals surface area (Å²) < 4.78 is 5.29. The second-order valence-electron chi connectivity index (χ2n) is 6.46. The van der Waals surface area contributed by atoms with Crippen LogP contribution in [0.3, 0.4) is 0 Å². The Balaban J connectivity index is 1.51. The molecule has 8 nitrogen and oxygen atoms in total. The second-order valence-corrected chi connectivity index (χ2v) is 6.46. The van der Waals surface area contributed by atoms with Gasteiger partial charge in [-0.1, -0.05) is 0 Å². The molecule has 25 heavy (non-hydrogen) atoms. The lowest BCUT2D eigenvalue weighted by Crippen LogP contribution is -2.39. The number of nitrogens with one attached hydrogen (secondary N) is 3. The van der Waals surface area contributed by atoms with Crippen LogP contribution in [0.5, 0.6) is 0 Å². The Bertz CT molecular complexity index is 693. The van der Waals surface area contributed by atoms with Gasteiger partial charge < -0.3 is 15.4 Å². The van der Waals surface area contributed by atoms with E-state index in [-0.39, 0.29) is 18.0 Å². The third kappa shape index (κ3) is 4.99. The summed E-state index contributed by atoms with van der Waals surface area (Å²) in [6, 6.07) is 5.79. The number of nitrogens with zero attached hydrogens (tertiary/aromatic N) is 3. The number of aromatic nitrogens is 4. The van der Waals surface area contributed by atoms with Crippen LogP contribution < -0.4 is 10.6 Å². The number of H-pyrrole nitrogens is 1. The number of anilines is 1. The van der Waals surface area contributed by atoms with Crippen molar-refractivity contribution in [1.29, 1.82) is 0 Å². The molecule has 0 bridgehead atoms. The third-order valence-electron chi connectivity index (χ3n) is 4.12. The first-order valence-electron chi connectivity index (χ1n) is 8.60. The van der Waals surface area contributed by atoms with E-state index in [9.17, 15) is 4.79 Å². The lowest BCUT2D eigenvalue weighted by atomic mass is 10.1. The molecule has 134 valence electrons. The monoisotopic (exact) mass is 344 g/mol. The van der Waals surface area contributed by atoms with Gasteiger partial charge >= 0.3 is 0 Å². The maximum absolute atomic E-state index is 12.2. The zero-order valence-electron chi connectivity index (χ0n) is 14.6. The summed E-state index contributed by atoms with van der Waals surface area (Å²) in [4.78, 5) is 12.2. The minimum absolute atomic E-state index is 0.151. The maximum atomic E-state index is 12.2. The molecule has 3 N–H and O–H groups in total. The molecule has 0 saturated carbocycles. The van der Waals surface area contributed by atoms with Crippen molar-refractivity contribution in [1.82, 2.24) is 25.7 Å². The summed E-state index contributed by atoms with van der Waals surface area (Å²) in [5.74, 6) is 0.452. The van der Waals surface area contributed by atoms with Crippen LogP contribution in [0.4, 0.5) is 5.82 Å². The molecule has 8 heteroatoms. The van der Waals surface area contributed by atoms with Crippen molar-refractivity contribution in [3.63, 3.8) is 0 Å². The average Bonchev–Trinajstić information content (AvgIpc) is 3.01. The molecule has 1 aliphatic rings.